The molecule has 66 valence electrons. The lowest BCUT2D eigenvalue weighted by Crippen LogP contribution is -2.22. The van der Waals surface area contributed by atoms with Gasteiger partial charge in [-0.05, 0) is 12.3 Å². The number of hydrogen-bond donors (Lipinski definition) is 0. The molecular weight excluding hydrogens is 156 g/mol. The normalized spacial score (nSPS) is 15.9. The predicted molar refractivity (Wildman–Crippen MR) is 49.3 cm³/mol. The van der Waals surface area contributed by atoms with Crippen LogP contribution in [-0.4, -0.2) is 16.5 Å². The molecule has 0 aliphatic rings. The molecule has 0 aliphatic heterocycles. The molecule has 2 unspecified atom stereocenters. The van der Waals surface area contributed by atoms with Crippen molar-refractivity contribution in [3.63, 3.8) is 0 Å². The van der Waals surface area contributed by atoms with Gasteiger partial charge in [-0.15, -0.1) is 0 Å². The summed E-state index contributed by atoms with van der Waals surface area (Å²) in [5, 5.41) is 0. The zero-order chi connectivity index (χ0) is 8.85. The number of carbonyl (C=O) groups excluding carboxylic acids is 1. The van der Waals surface area contributed by atoms with Crippen LogP contribution in [0, 0.1) is 11.8 Å². The third-order valence-corrected chi connectivity index (χ3v) is 2.68. The minimum Gasteiger partial charge on any atom is -0.529 e. The van der Waals surface area contributed by atoms with Crippen molar-refractivity contribution in [3.8, 4) is 0 Å². The van der Waals surface area contributed by atoms with E-state index < -0.39 is 0 Å². The summed E-state index contributed by atoms with van der Waals surface area (Å²) in [6.45, 7) is 6.25. The maximum absolute atomic E-state index is 11.2. The molecule has 0 aliphatic carbocycles. The smallest absolute Gasteiger partial charge is 0.295 e. The maximum Gasteiger partial charge on any atom is 0.295 e. The predicted octanol–water partition coefficient (Wildman–Crippen LogP) is 0.882. The summed E-state index contributed by atoms with van der Waals surface area (Å²) < 4.78 is 4.83. The first kappa shape index (κ1) is 10.7. The van der Waals surface area contributed by atoms with Crippen molar-refractivity contribution in [3.05, 3.63) is 0 Å². The van der Waals surface area contributed by atoms with Gasteiger partial charge in [0.2, 0.25) is 10.5 Å². The molecule has 0 fully saturated rings. The van der Waals surface area contributed by atoms with Crippen LogP contribution in [0.3, 0.4) is 0 Å². The van der Waals surface area contributed by atoms with Gasteiger partial charge in [-0.3, -0.25) is 4.79 Å². The van der Waals surface area contributed by atoms with E-state index in [1.54, 1.807) is 0 Å². The Hall–Kier alpha value is -0.313. The van der Waals surface area contributed by atoms with Gasteiger partial charge in [0, 0.05) is 0 Å². The molecule has 0 rings (SSSR count). The van der Waals surface area contributed by atoms with Crippen LogP contribution in [-0.2, 0) is 9.22 Å². The van der Waals surface area contributed by atoms with E-state index in [4.69, 9.17) is 4.43 Å². The number of hydrogen-bond acceptors (Lipinski definition) is 2. The Balaban J connectivity index is 4.03. The van der Waals surface area contributed by atoms with Crippen LogP contribution < -0.4 is 0 Å². The van der Waals surface area contributed by atoms with E-state index in [2.05, 4.69) is 13.8 Å². The Morgan fingerprint density at radius 2 is 2.00 bits per heavy atom. The molecule has 0 aromatic heterocycles. The van der Waals surface area contributed by atoms with Crippen LogP contribution in [0.1, 0.15) is 33.6 Å². The van der Waals surface area contributed by atoms with Gasteiger partial charge >= 0.3 is 0 Å². The molecule has 0 N–H and O–H groups in total. The monoisotopic (exact) mass is 174 g/mol. The maximum atomic E-state index is 11.2. The van der Waals surface area contributed by atoms with Gasteiger partial charge in [0.15, 0.2) is 0 Å². The Labute approximate surface area is 71.9 Å². The SMILES string of the molecule is CCC(C)C(CC)C(=O)O[SiH3]. The van der Waals surface area contributed by atoms with Crippen LogP contribution in [0.4, 0.5) is 0 Å². The summed E-state index contributed by atoms with van der Waals surface area (Å²) in [7, 11) is 0.524. The Morgan fingerprint density at radius 3 is 2.27 bits per heavy atom. The first-order chi connectivity index (χ1) is 5.17. The molecule has 0 radical (unpaired) electrons. The third-order valence-electron chi connectivity index (χ3n) is 2.27. The van der Waals surface area contributed by atoms with Crippen molar-refractivity contribution in [2.45, 2.75) is 33.6 Å². The fourth-order valence-electron chi connectivity index (χ4n) is 1.24. The molecule has 0 amide bonds. The van der Waals surface area contributed by atoms with Crippen molar-refractivity contribution in [2.24, 2.45) is 11.8 Å². The van der Waals surface area contributed by atoms with Crippen LogP contribution in [0.2, 0.25) is 0 Å². The van der Waals surface area contributed by atoms with Crippen LogP contribution in [0.5, 0.6) is 0 Å². The van der Waals surface area contributed by atoms with Crippen LogP contribution >= 0.6 is 0 Å². The molecule has 0 saturated carbocycles. The molecule has 0 heterocycles. The topological polar surface area (TPSA) is 26.3 Å². The highest BCUT2D eigenvalue weighted by Gasteiger charge is 2.21. The fourth-order valence-corrected chi connectivity index (χ4v) is 1.54. The van der Waals surface area contributed by atoms with Gasteiger partial charge in [0.25, 0.3) is 5.97 Å². The second kappa shape index (κ2) is 5.35. The molecule has 3 heteroatoms. The average molecular weight is 174 g/mol. The molecule has 2 atom stereocenters. The van der Waals surface area contributed by atoms with E-state index in [0.717, 1.165) is 12.8 Å². The third kappa shape index (κ3) is 3.06. The van der Waals surface area contributed by atoms with Crippen molar-refractivity contribution in [2.75, 3.05) is 0 Å². The minimum atomic E-state index is -0.00600. The first-order valence-corrected chi connectivity index (χ1v) is 5.06. The van der Waals surface area contributed by atoms with E-state index in [0.29, 0.717) is 16.4 Å². The lowest BCUT2D eigenvalue weighted by atomic mass is 9.90. The summed E-state index contributed by atoms with van der Waals surface area (Å²) in [6, 6.07) is 0. The highest BCUT2D eigenvalue weighted by atomic mass is 28.2. The summed E-state index contributed by atoms with van der Waals surface area (Å²) in [6.07, 6.45) is 1.95. The zero-order valence-electron chi connectivity index (χ0n) is 7.89. The van der Waals surface area contributed by atoms with E-state index in [9.17, 15) is 4.79 Å². The largest absolute Gasteiger partial charge is 0.529 e. The van der Waals surface area contributed by atoms with E-state index in [-0.39, 0.29) is 11.9 Å². The molecule has 0 spiro atoms. The Kier molecular flexibility index (Phi) is 5.20. The second-order valence-corrected chi connectivity index (χ2v) is 3.33. The molecule has 2 nitrogen and oxygen atoms in total. The summed E-state index contributed by atoms with van der Waals surface area (Å²) in [4.78, 5) is 11.2. The molecular formula is C8H18O2Si. The quantitative estimate of drug-likeness (QED) is 0.592. The van der Waals surface area contributed by atoms with Gasteiger partial charge < -0.3 is 4.43 Å². The standard InChI is InChI=1S/C8H18O2Si/c1-4-6(3)7(5-2)8(9)10-11/h6-7H,4-5H2,1-3,11H3. The Bertz CT molecular complexity index is 125. The summed E-state index contributed by atoms with van der Waals surface area (Å²) in [5.74, 6) is 0.576. The number of carbonyl (C=O) groups is 1. The highest BCUT2D eigenvalue weighted by Crippen LogP contribution is 2.19. The molecule has 11 heavy (non-hydrogen) atoms. The summed E-state index contributed by atoms with van der Waals surface area (Å²) in [5.41, 5.74) is 0. The lowest BCUT2D eigenvalue weighted by molar-refractivity contribution is -0.140. The van der Waals surface area contributed by atoms with Crippen molar-refractivity contribution >= 4 is 16.5 Å². The summed E-state index contributed by atoms with van der Waals surface area (Å²) >= 11 is 0. The fraction of sp³-hybridized carbons (Fsp3) is 0.875. The Morgan fingerprint density at radius 1 is 1.45 bits per heavy atom. The van der Waals surface area contributed by atoms with E-state index in [1.807, 2.05) is 6.92 Å². The van der Waals surface area contributed by atoms with Gasteiger partial charge in [-0.2, -0.15) is 0 Å². The van der Waals surface area contributed by atoms with Crippen molar-refractivity contribution in [1.82, 2.24) is 0 Å². The van der Waals surface area contributed by atoms with E-state index in [1.165, 1.54) is 0 Å². The molecule has 0 aromatic carbocycles. The molecule has 0 bridgehead atoms. The zero-order valence-corrected chi connectivity index (χ0v) is 9.89. The molecule has 0 aromatic rings. The van der Waals surface area contributed by atoms with Gasteiger partial charge in [-0.1, -0.05) is 27.2 Å². The van der Waals surface area contributed by atoms with Gasteiger partial charge in [0.1, 0.15) is 0 Å². The van der Waals surface area contributed by atoms with Crippen LogP contribution in [0.25, 0.3) is 0 Å². The van der Waals surface area contributed by atoms with Gasteiger partial charge in [-0.25, -0.2) is 0 Å². The second-order valence-electron chi connectivity index (χ2n) is 2.92. The van der Waals surface area contributed by atoms with E-state index >= 15 is 0 Å². The van der Waals surface area contributed by atoms with Crippen LogP contribution in [0.15, 0.2) is 0 Å². The van der Waals surface area contributed by atoms with Gasteiger partial charge in [0.05, 0.1) is 5.92 Å². The minimum absolute atomic E-state index is 0.00600. The highest BCUT2D eigenvalue weighted by molar-refractivity contribution is 6.05. The number of rotatable bonds is 4. The van der Waals surface area contributed by atoms with Crippen molar-refractivity contribution < 1.29 is 9.22 Å². The first-order valence-electron chi connectivity index (χ1n) is 4.25. The lowest BCUT2D eigenvalue weighted by Gasteiger charge is -2.18. The average Bonchev–Trinajstić information content (AvgIpc) is 2.05. The molecule has 0 saturated heterocycles. The van der Waals surface area contributed by atoms with Crippen molar-refractivity contribution in [1.29, 1.82) is 0 Å².